The first-order valence-corrected chi connectivity index (χ1v) is 9.45. The zero-order valence-corrected chi connectivity index (χ0v) is 16.6. The van der Waals surface area contributed by atoms with Gasteiger partial charge in [-0.2, -0.15) is 0 Å². The van der Waals surface area contributed by atoms with Crippen molar-refractivity contribution in [3.05, 3.63) is 95.2 Å². The van der Waals surface area contributed by atoms with E-state index in [2.05, 4.69) is 4.98 Å². The standard InChI is InChI=1S/C24H20N2O4/c1-15-7-6-10-19(25-15)26-21(16-11-13-18(30-2)14-12-16)20(23(28)24(26)29)22(27)17-8-4-3-5-9-17/h3-14,21,27H,1-2H3. The van der Waals surface area contributed by atoms with Gasteiger partial charge in [-0.05, 0) is 36.8 Å². The minimum Gasteiger partial charge on any atom is -0.507 e. The third kappa shape index (κ3) is 3.33. The Balaban J connectivity index is 1.94. The van der Waals surface area contributed by atoms with Crippen molar-refractivity contribution in [3.8, 4) is 5.75 Å². The first-order chi connectivity index (χ1) is 14.5. The highest BCUT2D eigenvalue weighted by atomic mass is 16.5. The summed E-state index contributed by atoms with van der Waals surface area (Å²) in [6, 6.07) is 20.2. The van der Waals surface area contributed by atoms with E-state index in [4.69, 9.17) is 4.74 Å². The van der Waals surface area contributed by atoms with Crippen LogP contribution in [-0.4, -0.2) is 28.9 Å². The second kappa shape index (κ2) is 7.83. The maximum Gasteiger partial charge on any atom is 0.301 e. The van der Waals surface area contributed by atoms with Crippen LogP contribution in [0.25, 0.3) is 5.76 Å². The Kier molecular flexibility index (Phi) is 5.06. The molecule has 1 amide bonds. The van der Waals surface area contributed by atoms with Gasteiger partial charge in [0.15, 0.2) is 0 Å². The molecular formula is C24H20N2O4. The molecule has 1 atom stereocenters. The lowest BCUT2D eigenvalue weighted by Crippen LogP contribution is -2.30. The summed E-state index contributed by atoms with van der Waals surface area (Å²) in [7, 11) is 1.56. The summed E-state index contributed by atoms with van der Waals surface area (Å²) in [6.45, 7) is 1.81. The van der Waals surface area contributed by atoms with E-state index in [1.165, 1.54) is 4.90 Å². The number of amides is 1. The number of aromatic nitrogens is 1. The number of methoxy groups -OCH3 is 1. The van der Waals surface area contributed by atoms with Gasteiger partial charge in [0, 0.05) is 11.3 Å². The van der Waals surface area contributed by atoms with Gasteiger partial charge in [0.25, 0.3) is 5.78 Å². The van der Waals surface area contributed by atoms with E-state index in [1.54, 1.807) is 67.8 Å². The van der Waals surface area contributed by atoms with Crippen molar-refractivity contribution in [3.63, 3.8) is 0 Å². The molecule has 30 heavy (non-hydrogen) atoms. The van der Waals surface area contributed by atoms with E-state index < -0.39 is 17.7 Å². The van der Waals surface area contributed by atoms with Gasteiger partial charge in [-0.15, -0.1) is 0 Å². The molecule has 1 saturated heterocycles. The van der Waals surface area contributed by atoms with Crippen LogP contribution in [0.3, 0.4) is 0 Å². The van der Waals surface area contributed by atoms with Crippen LogP contribution >= 0.6 is 0 Å². The fourth-order valence-corrected chi connectivity index (χ4v) is 3.58. The van der Waals surface area contributed by atoms with Crippen molar-refractivity contribution >= 4 is 23.3 Å². The molecule has 3 aromatic rings. The van der Waals surface area contributed by atoms with E-state index in [1.807, 2.05) is 19.1 Å². The van der Waals surface area contributed by atoms with E-state index in [9.17, 15) is 14.7 Å². The summed E-state index contributed by atoms with van der Waals surface area (Å²) < 4.78 is 5.22. The largest absolute Gasteiger partial charge is 0.507 e. The Bertz CT molecular complexity index is 1140. The number of benzene rings is 2. The van der Waals surface area contributed by atoms with Gasteiger partial charge >= 0.3 is 5.91 Å². The molecule has 4 rings (SSSR count). The van der Waals surface area contributed by atoms with Crippen LogP contribution in [0.2, 0.25) is 0 Å². The zero-order chi connectivity index (χ0) is 21.3. The molecule has 1 aliphatic heterocycles. The van der Waals surface area contributed by atoms with E-state index in [-0.39, 0.29) is 11.3 Å². The van der Waals surface area contributed by atoms with Crippen molar-refractivity contribution in [2.45, 2.75) is 13.0 Å². The molecule has 2 heterocycles. The second-order valence-electron chi connectivity index (χ2n) is 6.95. The zero-order valence-electron chi connectivity index (χ0n) is 16.6. The van der Waals surface area contributed by atoms with E-state index in [0.29, 0.717) is 28.4 Å². The van der Waals surface area contributed by atoms with Gasteiger partial charge in [-0.3, -0.25) is 14.5 Å². The maximum atomic E-state index is 13.0. The molecule has 2 aromatic carbocycles. The van der Waals surface area contributed by atoms with E-state index in [0.717, 1.165) is 0 Å². The molecule has 0 saturated carbocycles. The minimum atomic E-state index is -0.814. The molecule has 1 aromatic heterocycles. The van der Waals surface area contributed by atoms with Crippen LogP contribution in [-0.2, 0) is 9.59 Å². The monoisotopic (exact) mass is 400 g/mol. The van der Waals surface area contributed by atoms with Crippen molar-refractivity contribution in [2.75, 3.05) is 12.0 Å². The second-order valence-corrected chi connectivity index (χ2v) is 6.95. The molecule has 0 aliphatic carbocycles. The van der Waals surface area contributed by atoms with Crippen LogP contribution in [0.15, 0.2) is 78.4 Å². The molecule has 1 unspecified atom stereocenters. The van der Waals surface area contributed by atoms with Crippen molar-refractivity contribution < 1.29 is 19.4 Å². The lowest BCUT2D eigenvalue weighted by Gasteiger charge is -2.24. The quantitative estimate of drug-likeness (QED) is 0.406. The van der Waals surface area contributed by atoms with Crippen LogP contribution in [0.5, 0.6) is 5.75 Å². The lowest BCUT2D eigenvalue weighted by atomic mass is 9.95. The molecule has 150 valence electrons. The number of ether oxygens (including phenoxy) is 1. The Labute approximate surface area is 174 Å². The van der Waals surface area contributed by atoms with Crippen molar-refractivity contribution in [1.82, 2.24) is 4.98 Å². The molecule has 6 nitrogen and oxygen atoms in total. The lowest BCUT2D eigenvalue weighted by molar-refractivity contribution is -0.132. The average Bonchev–Trinajstić information content (AvgIpc) is 3.04. The number of hydrogen-bond donors (Lipinski definition) is 1. The number of carbonyl (C=O) groups excluding carboxylic acids is 2. The van der Waals surface area contributed by atoms with Gasteiger partial charge < -0.3 is 9.84 Å². The molecule has 6 heteroatoms. The third-order valence-electron chi connectivity index (χ3n) is 5.04. The molecule has 1 N–H and O–H groups in total. The fourth-order valence-electron chi connectivity index (χ4n) is 3.58. The predicted octanol–water partition coefficient (Wildman–Crippen LogP) is 4.02. The topological polar surface area (TPSA) is 79.7 Å². The summed E-state index contributed by atoms with van der Waals surface area (Å²) in [5.41, 5.74) is 1.87. The Morgan fingerprint density at radius 1 is 0.967 bits per heavy atom. The fraction of sp³-hybridized carbons (Fsp3) is 0.125. The average molecular weight is 400 g/mol. The number of rotatable bonds is 4. The van der Waals surface area contributed by atoms with Gasteiger partial charge in [0.05, 0.1) is 18.7 Å². The highest BCUT2D eigenvalue weighted by Gasteiger charge is 2.47. The first-order valence-electron chi connectivity index (χ1n) is 9.45. The summed E-state index contributed by atoms with van der Waals surface area (Å²) in [4.78, 5) is 31.8. The first kappa shape index (κ1) is 19.4. The predicted molar refractivity (Wildman–Crippen MR) is 113 cm³/mol. The number of hydrogen-bond acceptors (Lipinski definition) is 5. The normalized spacial score (nSPS) is 17.9. The Morgan fingerprint density at radius 2 is 1.67 bits per heavy atom. The van der Waals surface area contributed by atoms with Crippen LogP contribution in [0, 0.1) is 6.92 Å². The Hall–Kier alpha value is -3.93. The molecule has 1 aliphatic rings. The Morgan fingerprint density at radius 3 is 2.30 bits per heavy atom. The van der Waals surface area contributed by atoms with Crippen LogP contribution in [0.1, 0.15) is 22.9 Å². The molecule has 1 fully saturated rings. The molecular weight excluding hydrogens is 380 g/mol. The highest BCUT2D eigenvalue weighted by Crippen LogP contribution is 2.41. The van der Waals surface area contributed by atoms with E-state index >= 15 is 0 Å². The smallest absolute Gasteiger partial charge is 0.301 e. The summed E-state index contributed by atoms with van der Waals surface area (Å²) >= 11 is 0. The highest BCUT2D eigenvalue weighted by molar-refractivity contribution is 6.51. The molecule has 0 radical (unpaired) electrons. The number of aliphatic hydroxyl groups is 1. The van der Waals surface area contributed by atoms with Gasteiger partial charge in [-0.25, -0.2) is 4.98 Å². The number of aryl methyl sites for hydroxylation is 1. The minimum absolute atomic E-state index is 0.0275. The maximum absolute atomic E-state index is 13.0. The number of carbonyl (C=O) groups is 2. The summed E-state index contributed by atoms with van der Waals surface area (Å²) in [5.74, 6) is -0.700. The number of aliphatic hydroxyl groups excluding tert-OH is 1. The van der Waals surface area contributed by atoms with Crippen molar-refractivity contribution in [2.24, 2.45) is 0 Å². The number of ketones is 1. The number of pyridine rings is 1. The van der Waals surface area contributed by atoms with Gasteiger partial charge in [-0.1, -0.05) is 48.5 Å². The summed E-state index contributed by atoms with van der Waals surface area (Å²) in [6.07, 6.45) is 0. The molecule has 0 bridgehead atoms. The third-order valence-corrected chi connectivity index (χ3v) is 5.04. The number of Topliss-reactive ketones (excluding diaryl/α,β-unsaturated/α-hetero) is 1. The SMILES string of the molecule is COc1ccc(C2C(=C(O)c3ccccc3)C(=O)C(=O)N2c2cccc(C)n2)cc1. The molecule has 0 spiro atoms. The van der Waals surface area contributed by atoms with Crippen molar-refractivity contribution in [1.29, 1.82) is 0 Å². The van der Waals surface area contributed by atoms with Gasteiger partial charge in [0.2, 0.25) is 0 Å². The number of anilines is 1. The van der Waals surface area contributed by atoms with Crippen LogP contribution < -0.4 is 9.64 Å². The van der Waals surface area contributed by atoms with Gasteiger partial charge in [0.1, 0.15) is 17.3 Å². The number of nitrogens with zero attached hydrogens (tertiary/aromatic N) is 2. The van der Waals surface area contributed by atoms with Crippen LogP contribution in [0.4, 0.5) is 5.82 Å². The summed E-state index contributed by atoms with van der Waals surface area (Å²) in [5, 5.41) is 11.0.